The van der Waals surface area contributed by atoms with Gasteiger partial charge in [-0.25, -0.2) is 9.37 Å². The molecule has 0 aliphatic heterocycles. The van der Waals surface area contributed by atoms with E-state index in [9.17, 15) is 9.18 Å². The molecule has 152 valence electrons. The number of nitrogens with one attached hydrogen (secondary N) is 1. The predicted octanol–water partition coefficient (Wildman–Crippen LogP) is 4.31. The Kier molecular flexibility index (Phi) is 5.18. The summed E-state index contributed by atoms with van der Waals surface area (Å²) in [5.41, 5.74) is 8.40. The molecule has 30 heavy (non-hydrogen) atoms. The maximum absolute atomic E-state index is 13.5. The van der Waals surface area contributed by atoms with Crippen molar-refractivity contribution < 1.29 is 4.39 Å². The van der Waals surface area contributed by atoms with Crippen LogP contribution in [0.1, 0.15) is 29.8 Å². The lowest BCUT2D eigenvalue weighted by Crippen LogP contribution is -2.26. The van der Waals surface area contributed by atoms with Gasteiger partial charge in [0.05, 0.1) is 11.4 Å². The summed E-state index contributed by atoms with van der Waals surface area (Å²) in [5.74, 6) is 0.366. The first-order valence-electron chi connectivity index (χ1n) is 9.64. The molecule has 0 fully saturated rings. The first-order valence-corrected chi connectivity index (χ1v) is 9.64. The highest BCUT2D eigenvalue weighted by Gasteiger charge is 2.18. The Morgan fingerprint density at radius 3 is 2.63 bits per heavy atom. The number of nitrogens with zero attached hydrogens (tertiary/aromatic N) is 3. The van der Waals surface area contributed by atoms with E-state index in [-0.39, 0.29) is 28.9 Å². The summed E-state index contributed by atoms with van der Waals surface area (Å²) in [6.07, 6.45) is 1.37. The summed E-state index contributed by atoms with van der Waals surface area (Å²) in [5, 5.41) is 4.73. The van der Waals surface area contributed by atoms with E-state index in [1.54, 1.807) is 4.57 Å². The second-order valence-electron chi connectivity index (χ2n) is 7.19. The average molecular weight is 403 g/mol. The topological polar surface area (TPSA) is 85.8 Å². The van der Waals surface area contributed by atoms with Gasteiger partial charge in [0.1, 0.15) is 12.5 Å². The molecule has 0 aliphatic carbocycles. The van der Waals surface area contributed by atoms with Crippen LogP contribution in [0, 0.1) is 6.92 Å². The molecule has 2 heterocycles. The van der Waals surface area contributed by atoms with E-state index < -0.39 is 6.67 Å². The Hall–Kier alpha value is -3.74. The van der Waals surface area contributed by atoms with Crippen LogP contribution in [0.25, 0.3) is 16.5 Å². The lowest BCUT2D eigenvalue weighted by Gasteiger charge is -2.21. The van der Waals surface area contributed by atoms with E-state index in [1.807, 2.05) is 68.4 Å². The molecule has 1 atom stereocenters. The lowest BCUT2D eigenvalue weighted by atomic mass is 10.0. The number of hydrogen-bond acceptors (Lipinski definition) is 5. The molecule has 0 saturated heterocycles. The number of alkyl halides is 1. The second kappa shape index (κ2) is 7.94. The van der Waals surface area contributed by atoms with Gasteiger partial charge in [0.15, 0.2) is 0 Å². The van der Waals surface area contributed by atoms with Crippen molar-refractivity contribution in [1.29, 1.82) is 0 Å². The third kappa shape index (κ3) is 3.50. The van der Waals surface area contributed by atoms with E-state index in [1.165, 1.54) is 6.20 Å². The fraction of sp³-hybridized carbons (Fsp3) is 0.174. The SMILES string of the molecule is Cc1cccc2cc([C@H](C)Nc3ncc(CF)c(N)n3)n(-c3ccccc3)c(=O)c12. The van der Waals surface area contributed by atoms with Gasteiger partial charge in [-0.15, -0.1) is 0 Å². The number of halogens is 1. The molecule has 3 N–H and O–H groups in total. The van der Waals surface area contributed by atoms with Crippen molar-refractivity contribution in [2.24, 2.45) is 0 Å². The Morgan fingerprint density at radius 1 is 1.17 bits per heavy atom. The highest BCUT2D eigenvalue weighted by molar-refractivity contribution is 5.85. The number of pyridine rings is 1. The van der Waals surface area contributed by atoms with Gasteiger partial charge in [-0.3, -0.25) is 9.36 Å². The summed E-state index contributed by atoms with van der Waals surface area (Å²) in [4.78, 5) is 21.8. The van der Waals surface area contributed by atoms with Crippen LogP contribution in [0.5, 0.6) is 0 Å². The Morgan fingerprint density at radius 2 is 1.93 bits per heavy atom. The third-order valence-corrected chi connectivity index (χ3v) is 5.13. The third-order valence-electron chi connectivity index (χ3n) is 5.13. The van der Waals surface area contributed by atoms with Crippen LogP contribution in [0.2, 0.25) is 0 Å². The Bertz CT molecular complexity index is 1270. The zero-order valence-corrected chi connectivity index (χ0v) is 16.8. The molecule has 0 unspecified atom stereocenters. The molecule has 2 aromatic heterocycles. The summed E-state index contributed by atoms with van der Waals surface area (Å²) < 4.78 is 14.6. The number of rotatable bonds is 5. The molecule has 0 spiro atoms. The first-order chi connectivity index (χ1) is 14.5. The molecule has 0 aliphatic rings. The van der Waals surface area contributed by atoms with Crippen LogP contribution >= 0.6 is 0 Å². The van der Waals surface area contributed by atoms with Gasteiger partial charge in [0, 0.05) is 23.1 Å². The van der Waals surface area contributed by atoms with Crippen molar-refractivity contribution in [2.75, 3.05) is 11.1 Å². The largest absolute Gasteiger partial charge is 0.383 e. The number of aryl methyl sites for hydroxylation is 1. The molecule has 7 heteroatoms. The van der Waals surface area contributed by atoms with Crippen LogP contribution in [-0.4, -0.2) is 14.5 Å². The standard InChI is InChI=1S/C23H22FN5O/c1-14-7-6-8-16-11-19(15(2)27-23-26-13-17(12-24)21(25)28-23)29(22(30)20(14)16)18-9-4-3-5-10-18/h3-11,13,15H,12H2,1-2H3,(H3,25,26,27,28)/t15-/m0/s1. The summed E-state index contributed by atoms with van der Waals surface area (Å²) in [6, 6.07) is 17.0. The summed E-state index contributed by atoms with van der Waals surface area (Å²) in [6.45, 7) is 3.13. The van der Waals surface area contributed by atoms with Gasteiger partial charge in [0.2, 0.25) is 5.95 Å². The molecule has 0 radical (unpaired) electrons. The van der Waals surface area contributed by atoms with E-state index in [0.717, 1.165) is 22.3 Å². The van der Waals surface area contributed by atoms with Gasteiger partial charge in [-0.2, -0.15) is 4.98 Å². The van der Waals surface area contributed by atoms with Crippen molar-refractivity contribution in [1.82, 2.24) is 14.5 Å². The quantitative estimate of drug-likeness (QED) is 0.518. The summed E-state index contributed by atoms with van der Waals surface area (Å²) >= 11 is 0. The number of para-hydroxylation sites is 1. The van der Waals surface area contributed by atoms with E-state index in [4.69, 9.17) is 5.73 Å². The number of hydrogen-bond donors (Lipinski definition) is 2. The maximum atomic E-state index is 13.5. The number of benzene rings is 2. The zero-order chi connectivity index (χ0) is 21.3. The maximum Gasteiger partial charge on any atom is 0.263 e. The number of fused-ring (bicyclic) bond motifs is 1. The van der Waals surface area contributed by atoms with Crippen LogP contribution < -0.4 is 16.6 Å². The van der Waals surface area contributed by atoms with Crippen LogP contribution in [0.15, 0.2) is 65.6 Å². The molecule has 4 rings (SSSR count). The highest BCUT2D eigenvalue weighted by Crippen LogP contribution is 2.25. The molecule has 2 aromatic carbocycles. The predicted molar refractivity (Wildman–Crippen MR) is 118 cm³/mol. The molecule has 0 bridgehead atoms. The van der Waals surface area contributed by atoms with Crippen molar-refractivity contribution in [2.45, 2.75) is 26.6 Å². The van der Waals surface area contributed by atoms with Crippen molar-refractivity contribution in [3.05, 3.63) is 88.0 Å². The first kappa shape index (κ1) is 19.6. The van der Waals surface area contributed by atoms with Crippen LogP contribution in [0.4, 0.5) is 16.2 Å². The molecule has 6 nitrogen and oxygen atoms in total. The minimum absolute atomic E-state index is 0.0892. The van der Waals surface area contributed by atoms with Crippen molar-refractivity contribution >= 4 is 22.5 Å². The number of nitrogens with two attached hydrogens (primary N) is 1. The van der Waals surface area contributed by atoms with E-state index in [0.29, 0.717) is 5.39 Å². The average Bonchev–Trinajstić information content (AvgIpc) is 2.74. The fourth-order valence-corrected chi connectivity index (χ4v) is 3.58. The van der Waals surface area contributed by atoms with Gasteiger partial charge >= 0.3 is 0 Å². The van der Waals surface area contributed by atoms with Gasteiger partial charge in [0.25, 0.3) is 5.56 Å². The summed E-state index contributed by atoms with van der Waals surface area (Å²) in [7, 11) is 0. The molecular weight excluding hydrogens is 381 g/mol. The van der Waals surface area contributed by atoms with Crippen LogP contribution in [0.3, 0.4) is 0 Å². The molecule has 0 amide bonds. The van der Waals surface area contributed by atoms with Crippen molar-refractivity contribution in [3.63, 3.8) is 0 Å². The normalized spacial score (nSPS) is 12.1. The Balaban J connectivity index is 1.87. The minimum Gasteiger partial charge on any atom is -0.383 e. The van der Waals surface area contributed by atoms with Gasteiger partial charge in [-0.1, -0.05) is 36.4 Å². The number of aromatic nitrogens is 3. The number of anilines is 2. The van der Waals surface area contributed by atoms with E-state index in [2.05, 4.69) is 15.3 Å². The molecule has 0 saturated carbocycles. The smallest absolute Gasteiger partial charge is 0.263 e. The van der Waals surface area contributed by atoms with Crippen LogP contribution in [-0.2, 0) is 6.67 Å². The lowest BCUT2D eigenvalue weighted by molar-refractivity contribution is 0.484. The monoisotopic (exact) mass is 403 g/mol. The Labute approximate surface area is 173 Å². The van der Waals surface area contributed by atoms with Gasteiger partial charge < -0.3 is 11.1 Å². The second-order valence-corrected chi connectivity index (χ2v) is 7.19. The van der Waals surface area contributed by atoms with Gasteiger partial charge in [-0.05, 0) is 43.0 Å². The fourth-order valence-electron chi connectivity index (χ4n) is 3.58. The highest BCUT2D eigenvalue weighted by atomic mass is 19.1. The van der Waals surface area contributed by atoms with Crippen molar-refractivity contribution in [3.8, 4) is 5.69 Å². The zero-order valence-electron chi connectivity index (χ0n) is 16.8. The molecule has 4 aromatic rings. The van der Waals surface area contributed by atoms with E-state index >= 15 is 0 Å². The number of nitrogen functional groups attached to an aromatic ring is 1. The molecular formula is C23H22FN5O. The minimum atomic E-state index is -0.723.